The molecule has 0 bridgehead atoms. The fourth-order valence-corrected chi connectivity index (χ4v) is 6.00. The fraction of sp³-hybridized carbons (Fsp3) is 0.286. The molecule has 1 fully saturated rings. The summed E-state index contributed by atoms with van der Waals surface area (Å²) in [5.74, 6) is 2.27. The number of piperazine rings is 1. The van der Waals surface area contributed by atoms with Crippen LogP contribution in [0.5, 0.6) is 11.5 Å². The van der Waals surface area contributed by atoms with Gasteiger partial charge in [0.1, 0.15) is 17.5 Å². The molecule has 1 aliphatic heterocycles. The highest BCUT2D eigenvalue weighted by Crippen LogP contribution is 2.37. The highest BCUT2D eigenvalue weighted by molar-refractivity contribution is 7.22. The van der Waals surface area contributed by atoms with Crippen LogP contribution in [0.1, 0.15) is 23.0 Å². The van der Waals surface area contributed by atoms with Gasteiger partial charge in [-0.05, 0) is 40.3 Å². The predicted molar refractivity (Wildman–Crippen MR) is 148 cm³/mol. The first-order chi connectivity index (χ1) is 18.7. The molecule has 194 valence electrons. The van der Waals surface area contributed by atoms with Gasteiger partial charge in [-0.3, -0.25) is 4.90 Å². The summed E-state index contributed by atoms with van der Waals surface area (Å²) < 4.78 is 14.4. The molecule has 0 saturated carbocycles. The Balaban J connectivity index is 1.32. The number of rotatable bonds is 8. The minimum absolute atomic E-state index is 0.188. The van der Waals surface area contributed by atoms with Gasteiger partial charge in [-0.15, -0.1) is 5.10 Å². The molecule has 1 aliphatic rings. The molecule has 5 aromatic rings. The van der Waals surface area contributed by atoms with Crippen LogP contribution in [-0.2, 0) is 6.54 Å². The van der Waals surface area contributed by atoms with Gasteiger partial charge in [0.2, 0.25) is 0 Å². The molecular formula is C28H29N7O2S. The van der Waals surface area contributed by atoms with Gasteiger partial charge >= 0.3 is 0 Å². The fourth-order valence-electron chi connectivity index (χ4n) is 4.99. The Kier molecular flexibility index (Phi) is 6.89. The Bertz CT molecular complexity index is 1480. The largest absolute Gasteiger partial charge is 0.497 e. The van der Waals surface area contributed by atoms with Crippen molar-refractivity contribution in [2.75, 3.05) is 45.3 Å². The number of hydrogen-bond acceptors (Lipinski definition) is 9. The van der Waals surface area contributed by atoms with Crippen molar-refractivity contribution in [2.24, 2.45) is 0 Å². The zero-order chi connectivity index (χ0) is 25.9. The summed E-state index contributed by atoms with van der Waals surface area (Å²) in [7, 11) is 3.35. The molecule has 3 aromatic carbocycles. The van der Waals surface area contributed by atoms with Crippen molar-refractivity contribution in [2.45, 2.75) is 12.6 Å². The molecule has 2 aromatic heterocycles. The van der Waals surface area contributed by atoms with Gasteiger partial charge in [0.15, 0.2) is 11.0 Å². The molecule has 10 heteroatoms. The minimum Gasteiger partial charge on any atom is -0.497 e. The van der Waals surface area contributed by atoms with E-state index in [0.29, 0.717) is 6.54 Å². The maximum atomic E-state index is 5.84. The van der Waals surface area contributed by atoms with Crippen molar-refractivity contribution in [3.05, 3.63) is 89.7 Å². The van der Waals surface area contributed by atoms with Gasteiger partial charge < -0.3 is 14.4 Å². The van der Waals surface area contributed by atoms with Crippen molar-refractivity contribution in [3.8, 4) is 11.5 Å². The average Bonchev–Trinajstić information content (AvgIpc) is 3.61. The molecule has 3 heterocycles. The second kappa shape index (κ2) is 10.8. The summed E-state index contributed by atoms with van der Waals surface area (Å²) in [5.41, 5.74) is 3.20. The smallest absolute Gasteiger partial charge is 0.186 e. The van der Waals surface area contributed by atoms with E-state index >= 15 is 0 Å². The number of thiazole rings is 1. The third-order valence-corrected chi connectivity index (χ3v) is 8.04. The molecule has 1 unspecified atom stereocenters. The number of benzene rings is 3. The first kappa shape index (κ1) is 24.3. The van der Waals surface area contributed by atoms with Crippen molar-refractivity contribution in [3.63, 3.8) is 0 Å². The molecule has 0 radical (unpaired) electrons. The van der Waals surface area contributed by atoms with Gasteiger partial charge in [-0.25, -0.2) is 9.67 Å². The third-order valence-electron chi connectivity index (χ3n) is 6.95. The molecule has 0 spiro atoms. The maximum absolute atomic E-state index is 5.84. The topological polar surface area (TPSA) is 81.4 Å². The molecule has 0 N–H and O–H groups in total. The number of para-hydroxylation sites is 1. The van der Waals surface area contributed by atoms with Crippen LogP contribution in [0.4, 0.5) is 5.13 Å². The Morgan fingerprint density at radius 1 is 0.895 bits per heavy atom. The molecular weight excluding hydrogens is 498 g/mol. The number of anilines is 1. The van der Waals surface area contributed by atoms with E-state index in [1.165, 1.54) is 4.70 Å². The van der Waals surface area contributed by atoms with E-state index in [2.05, 4.69) is 61.7 Å². The lowest BCUT2D eigenvalue weighted by molar-refractivity contribution is 0.198. The van der Waals surface area contributed by atoms with E-state index in [9.17, 15) is 0 Å². The number of methoxy groups -OCH3 is 2. The average molecular weight is 528 g/mol. The van der Waals surface area contributed by atoms with Gasteiger partial charge in [0.25, 0.3) is 0 Å². The van der Waals surface area contributed by atoms with Crippen molar-refractivity contribution < 1.29 is 9.47 Å². The number of aromatic nitrogens is 5. The predicted octanol–water partition coefficient (Wildman–Crippen LogP) is 4.26. The lowest BCUT2D eigenvalue weighted by atomic mass is 10.0. The summed E-state index contributed by atoms with van der Waals surface area (Å²) in [6.45, 7) is 3.95. The van der Waals surface area contributed by atoms with Gasteiger partial charge in [0.05, 0.1) is 31.0 Å². The quantitative estimate of drug-likeness (QED) is 0.296. The van der Waals surface area contributed by atoms with Crippen molar-refractivity contribution in [1.82, 2.24) is 30.1 Å². The molecule has 0 aliphatic carbocycles. The van der Waals surface area contributed by atoms with E-state index in [-0.39, 0.29) is 6.04 Å². The van der Waals surface area contributed by atoms with Crippen LogP contribution >= 0.6 is 11.3 Å². The number of nitrogens with zero attached hydrogens (tertiary/aromatic N) is 7. The molecule has 1 saturated heterocycles. The third kappa shape index (κ3) is 4.80. The minimum atomic E-state index is -0.188. The number of tetrazole rings is 1. The Morgan fingerprint density at radius 2 is 1.68 bits per heavy atom. The standard InChI is InChI=1S/C28H29N7O2S/c1-36-21-12-13-22(24(18-21)37-2)26(27-30-31-32-35(27)19-20-8-4-3-5-9-20)33-14-16-34(17-15-33)28-29-23-10-6-7-11-25(23)38-28/h3-13,18,26H,14-17,19H2,1-2H3. The number of fused-ring (bicyclic) bond motifs is 1. The lowest BCUT2D eigenvalue weighted by Crippen LogP contribution is -2.48. The van der Waals surface area contributed by atoms with E-state index < -0.39 is 0 Å². The van der Waals surface area contributed by atoms with Crippen LogP contribution < -0.4 is 14.4 Å². The van der Waals surface area contributed by atoms with Crippen LogP contribution in [0.15, 0.2) is 72.8 Å². The summed E-state index contributed by atoms with van der Waals surface area (Å²) >= 11 is 1.75. The van der Waals surface area contributed by atoms with Gasteiger partial charge in [-0.1, -0.05) is 53.8 Å². The maximum Gasteiger partial charge on any atom is 0.186 e. The highest BCUT2D eigenvalue weighted by Gasteiger charge is 2.33. The summed E-state index contributed by atoms with van der Waals surface area (Å²) in [6.07, 6.45) is 0. The Hall–Kier alpha value is -4.02. The summed E-state index contributed by atoms with van der Waals surface area (Å²) in [6, 6.07) is 24.3. The number of hydrogen-bond donors (Lipinski definition) is 0. The summed E-state index contributed by atoms with van der Waals surface area (Å²) in [4.78, 5) is 9.68. The van der Waals surface area contributed by atoms with Crippen LogP contribution in [0.25, 0.3) is 10.2 Å². The van der Waals surface area contributed by atoms with E-state index in [4.69, 9.17) is 14.5 Å². The van der Waals surface area contributed by atoms with Crippen molar-refractivity contribution in [1.29, 1.82) is 0 Å². The zero-order valence-electron chi connectivity index (χ0n) is 21.4. The Morgan fingerprint density at radius 3 is 2.45 bits per heavy atom. The van der Waals surface area contributed by atoms with Gasteiger partial charge in [0, 0.05) is 37.8 Å². The molecule has 6 rings (SSSR count). The van der Waals surface area contributed by atoms with Crippen LogP contribution in [0.2, 0.25) is 0 Å². The zero-order valence-corrected chi connectivity index (χ0v) is 22.2. The van der Waals surface area contributed by atoms with Crippen LogP contribution in [-0.4, -0.2) is 70.5 Å². The lowest BCUT2D eigenvalue weighted by Gasteiger charge is -2.39. The van der Waals surface area contributed by atoms with E-state index in [1.807, 2.05) is 41.1 Å². The van der Waals surface area contributed by atoms with E-state index in [0.717, 1.165) is 65.3 Å². The number of ether oxygens (including phenoxy) is 2. The molecule has 1 atom stereocenters. The SMILES string of the molecule is COc1ccc(C(c2nnnn2Cc2ccccc2)N2CCN(c3nc4ccccc4s3)CC2)c(OC)c1. The first-order valence-corrected chi connectivity index (χ1v) is 13.4. The first-order valence-electron chi connectivity index (χ1n) is 12.6. The van der Waals surface area contributed by atoms with Gasteiger partial charge in [-0.2, -0.15) is 0 Å². The molecule has 9 nitrogen and oxygen atoms in total. The van der Waals surface area contributed by atoms with Crippen molar-refractivity contribution >= 4 is 26.7 Å². The van der Waals surface area contributed by atoms with E-state index in [1.54, 1.807) is 25.6 Å². The van der Waals surface area contributed by atoms with Crippen LogP contribution in [0.3, 0.4) is 0 Å². The molecule has 38 heavy (non-hydrogen) atoms. The normalized spacial score (nSPS) is 15.1. The second-order valence-electron chi connectivity index (χ2n) is 9.18. The van der Waals surface area contributed by atoms with Crippen LogP contribution in [0, 0.1) is 0 Å². The summed E-state index contributed by atoms with van der Waals surface area (Å²) in [5, 5.41) is 14.1. The molecule has 0 amide bonds. The Labute approximate surface area is 225 Å². The second-order valence-corrected chi connectivity index (χ2v) is 10.2. The monoisotopic (exact) mass is 527 g/mol. The highest BCUT2D eigenvalue weighted by atomic mass is 32.1.